The lowest BCUT2D eigenvalue weighted by Crippen LogP contribution is -1.96. The van der Waals surface area contributed by atoms with Gasteiger partial charge in [-0.2, -0.15) is 0 Å². The van der Waals surface area contributed by atoms with Gasteiger partial charge >= 0.3 is 0 Å². The molecule has 1 aromatic rings. The van der Waals surface area contributed by atoms with Crippen LogP contribution in [0.25, 0.3) is 5.57 Å². The van der Waals surface area contributed by atoms with Crippen molar-refractivity contribution in [1.82, 2.24) is 0 Å². The average Bonchev–Trinajstić information content (AvgIpc) is 2.25. The van der Waals surface area contributed by atoms with Gasteiger partial charge in [-0.3, -0.25) is 0 Å². The van der Waals surface area contributed by atoms with Crippen LogP contribution in [-0.2, 0) is 4.74 Å². The first-order chi connectivity index (χ1) is 7.56. The molecule has 0 saturated heterocycles. The SMILES string of the molecule is C=C(C)O/C=C(\C)c1cccc(N)c1OC. The highest BCUT2D eigenvalue weighted by molar-refractivity contribution is 5.74. The molecule has 0 unspecified atom stereocenters. The van der Waals surface area contributed by atoms with Crippen LogP contribution in [0.15, 0.2) is 36.8 Å². The molecule has 0 fully saturated rings. The first-order valence-electron chi connectivity index (χ1n) is 4.98. The number of ether oxygens (including phenoxy) is 2. The molecule has 0 saturated carbocycles. The molecule has 3 heteroatoms. The predicted octanol–water partition coefficient (Wildman–Crippen LogP) is 3.19. The summed E-state index contributed by atoms with van der Waals surface area (Å²) in [5, 5.41) is 0. The van der Waals surface area contributed by atoms with E-state index < -0.39 is 0 Å². The molecular formula is C13H17NO2. The monoisotopic (exact) mass is 219 g/mol. The molecular weight excluding hydrogens is 202 g/mol. The van der Waals surface area contributed by atoms with Crippen molar-refractivity contribution in [2.24, 2.45) is 0 Å². The van der Waals surface area contributed by atoms with Crippen molar-refractivity contribution in [1.29, 1.82) is 0 Å². The third-order valence-corrected chi connectivity index (χ3v) is 2.11. The number of methoxy groups -OCH3 is 1. The van der Waals surface area contributed by atoms with Crippen molar-refractivity contribution >= 4 is 11.3 Å². The second-order valence-corrected chi connectivity index (χ2v) is 3.55. The Hall–Kier alpha value is -1.90. The summed E-state index contributed by atoms with van der Waals surface area (Å²) < 4.78 is 10.5. The summed E-state index contributed by atoms with van der Waals surface area (Å²) in [6, 6.07) is 5.61. The van der Waals surface area contributed by atoms with Crippen molar-refractivity contribution in [2.45, 2.75) is 13.8 Å². The maximum Gasteiger partial charge on any atom is 0.149 e. The van der Waals surface area contributed by atoms with E-state index in [9.17, 15) is 0 Å². The van der Waals surface area contributed by atoms with Crippen molar-refractivity contribution in [3.63, 3.8) is 0 Å². The molecule has 0 aliphatic rings. The van der Waals surface area contributed by atoms with E-state index in [-0.39, 0.29) is 0 Å². The Morgan fingerprint density at radius 3 is 2.62 bits per heavy atom. The Labute approximate surface area is 96.2 Å². The molecule has 0 aromatic heterocycles. The lowest BCUT2D eigenvalue weighted by Gasteiger charge is -2.11. The third-order valence-electron chi connectivity index (χ3n) is 2.11. The van der Waals surface area contributed by atoms with E-state index >= 15 is 0 Å². The lowest BCUT2D eigenvalue weighted by atomic mass is 10.1. The van der Waals surface area contributed by atoms with Crippen LogP contribution in [0.2, 0.25) is 0 Å². The van der Waals surface area contributed by atoms with Crippen LogP contribution in [0.1, 0.15) is 19.4 Å². The minimum Gasteiger partial charge on any atom is -0.494 e. The Morgan fingerprint density at radius 2 is 2.06 bits per heavy atom. The number of nitrogen functional groups attached to an aromatic ring is 1. The summed E-state index contributed by atoms with van der Waals surface area (Å²) in [7, 11) is 1.60. The Kier molecular flexibility index (Phi) is 4.00. The van der Waals surface area contributed by atoms with E-state index in [1.165, 1.54) is 0 Å². The molecule has 0 spiro atoms. The Morgan fingerprint density at radius 1 is 1.38 bits per heavy atom. The molecule has 0 atom stereocenters. The molecule has 0 aliphatic heterocycles. The zero-order valence-corrected chi connectivity index (χ0v) is 9.91. The normalized spacial score (nSPS) is 11.1. The molecule has 0 amide bonds. The zero-order chi connectivity index (χ0) is 12.1. The Balaban J connectivity index is 3.07. The maximum atomic E-state index is 5.82. The van der Waals surface area contributed by atoms with Crippen LogP contribution in [0.5, 0.6) is 5.75 Å². The predicted molar refractivity (Wildman–Crippen MR) is 67.0 cm³/mol. The van der Waals surface area contributed by atoms with E-state index in [1.807, 2.05) is 19.1 Å². The first-order valence-corrected chi connectivity index (χ1v) is 4.98. The standard InChI is InChI=1S/C13H17NO2/c1-9(2)16-8-10(3)11-6-5-7-12(14)13(11)15-4/h5-8H,1,14H2,2-4H3/b10-8+. The number of benzene rings is 1. The van der Waals surface area contributed by atoms with Crippen LogP contribution in [0.4, 0.5) is 5.69 Å². The highest BCUT2D eigenvalue weighted by atomic mass is 16.5. The summed E-state index contributed by atoms with van der Waals surface area (Å²) >= 11 is 0. The fraction of sp³-hybridized carbons (Fsp3) is 0.231. The van der Waals surface area contributed by atoms with Crippen LogP contribution in [0.3, 0.4) is 0 Å². The van der Waals surface area contributed by atoms with Crippen molar-refractivity contribution in [2.75, 3.05) is 12.8 Å². The summed E-state index contributed by atoms with van der Waals surface area (Å²) in [5.74, 6) is 1.31. The topological polar surface area (TPSA) is 44.5 Å². The molecule has 1 aromatic carbocycles. The van der Waals surface area contributed by atoms with E-state index in [4.69, 9.17) is 15.2 Å². The van der Waals surface area contributed by atoms with E-state index in [2.05, 4.69) is 6.58 Å². The minimum atomic E-state index is 0.614. The van der Waals surface area contributed by atoms with Crippen LogP contribution in [-0.4, -0.2) is 7.11 Å². The largest absolute Gasteiger partial charge is 0.494 e. The van der Waals surface area contributed by atoms with E-state index in [0.717, 1.165) is 11.1 Å². The molecule has 1 rings (SSSR count). The van der Waals surface area contributed by atoms with Gasteiger partial charge in [0.15, 0.2) is 0 Å². The van der Waals surface area contributed by atoms with Gasteiger partial charge in [-0.25, -0.2) is 0 Å². The number of nitrogens with two attached hydrogens (primary N) is 1. The second-order valence-electron chi connectivity index (χ2n) is 3.55. The van der Waals surface area contributed by atoms with Crippen molar-refractivity contribution in [3.8, 4) is 5.75 Å². The van der Waals surface area contributed by atoms with Crippen LogP contribution < -0.4 is 10.5 Å². The number of hydrogen-bond acceptors (Lipinski definition) is 3. The van der Waals surface area contributed by atoms with Crippen LogP contribution >= 0.6 is 0 Å². The smallest absolute Gasteiger partial charge is 0.149 e. The lowest BCUT2D eigenvalue weighted by molar-refractivity contribution is 0.356. The van der Waals surface area contributed by atoms with Gasteiger partial charge in [0.1, 0.15) is 5.75 Å². The molecule has 0 aliphatic carbocycles. The second kappa shape index (κ2) is 5.26. The molecule has 16 heavy (non-hydrogen) atoms. The first kappa shape index (κ1) is 12.2. The summed E-state index contributed by atoms with van der Waals surface area (Å²) in [4.78, 5) is 0. The Bertz CT molecular complexity index is 422. The number of rotatable bonds is 4. The summed E-state index contributed by atoms with van der Waals surface area (Å²) in [6.07, 6.45) is 1.64. The number of para-hydroxylation sites is 1. The fourth-order valence-corrected chi connectivity index (χ4v) is 1.35. The van der Waals surface area contributed by atoms with Gasteiger partial charge in [0.2, 0.25) is 0 Å². The molecule has 0 radical (unpaired) electrons. The highest BCUT2D eigenvalue weighted by Crippen LogP contribution is 2.31. The van der Waals surface area contributed by atoms with Gasteiger partial charge in [-0.1, -0.05) is 18.7 Å². The summed E-state index contributed by atoms with van der Waals surface area (Å²) in [5.41, 5.74) is 8.29. The third kappa shape index (κ3) is 2.79. The van der Waals surface area contributed by atoms with E-state index in [1.54, 1.807) is 26.4 Å². The number of hydrogen-bond donors (Lipinski definition) is 1. The quantitative estimate of drug-likeness (QED) is 0.624. The van der Waals surface area contributed by atoms with Gasteiger partial charge in [-0.15, -0.1) is 0 Å². The van der Waals surface area contributed by atoms with Gasteiger partial charge in [0, 0.05) is 5.56 Å². The molecule has 0 heterocycles. The van der Waals surface area contributed by atoms with Gasteiger partial charge in [-0.05, 0) is 25.5 Å². The minimum absolute atomic E-state index is 0.614. The highest BCUT2D eigenvalue weighted by Gasteiger charge is 2.07. The molecule has 86 valence electrons. The van der Waals surface area contributed by atoms with Crippen molar-refractivity contribution in [3.05, 3.63) is 42.4 Å². The molecule has 0 bridgehead atoms. The maximum absolute atomic E-state index is 5.82. The zero-order valence-electron chi connectivity index (χ0n) is 9.91. The van der Waals surface area contributed by atoms with Gasteiger partial charge in [0.25, 0.3) is 0 Å². The molecule has 3 nitrogen and oxygen atoms in total. The number of allylic oxidation sites excluding steroid dienone is 2. The average molecular weight is 219 g/mol. The molecule has 2 N–H and O–H groups in total. The fourth-order valence-electron chi connectivity index (χ4n) is 1.35. The van der Waals surface area contributed by atoms with Crippen LogP contribution in [0, 0.1) is 0 Å². The number of anilines is 1. The van der Waals surface area contributed by atoms with Gasteiger partial charge < -0.3 is 15.2 Å². The van der Waals surface area contributed by atoms with E-state index in [0.29, 0.717) is 17.2 Å². The van der Waals surface area contributed by atoms with Gasteiger partial charge in [0.05, 0.1) is 24.8 Å². The van der Waals surface area contributed by atoms with Crippen molar-refractivity contribution < 1.29 is 9.47 Å². The summed E-state index contributed by atoms with van der Waals surface area (Å²) in [6.45, 7) is 7.38.